The molecule has 0 saturated carbocycles. The number of carboxylic acid groups (broad SMARTS) is 1. The molecule has 1 aromatic carbocycles. The van der Waals surface area contributed by atoms with Crippen molar-refractivity contribution in [3.8, 4) is 11.3 Å². The van der Waals surface area contributed by atoms with Crippen LogP contribution in [0.25, 0.3) is 11.3 Å². The van der Waals surface area contributed by atoms with Crippen LogP contribution >= 0.6 is 11.6 Å². The highest BCUT2D eigenvalue weighted by atomic mass is 35.5. The second-order valence-electron chi connectivity index (χ2n) is 3.72. The second kappa shape index (κ2) is 4.59. The molecule has 0 aliphatic heterocycles. The normalized spacial score (nSPS) is 10.5. The van der Waals surface area contributed by atoms with Crippen molar-refractivity contribution in [2.24, 2.45) is 7.05 Å². The Balaban J connectivity index is 2.44. The maximum absolute atomic E-state index is 10.7. The summed E-state index contributed by atoms with van der Waals surface area (Å²) >= 11 is 5.96. The number of rotatable bonds is 3. The van der Waals surface area contributed by atoms with Gasteiger partial charge in [-0.05, 0) is 23.8 Å². The van der Waals surface area contributed by atoms with E-state index in [4.69, 9.17) is 16.7 Å². The summed E-state index contributed by atoms with van der Waals surface area (Å²) in [6, 6.07) is 7.22. The lowest BCUT2D eigenvalue weighted by Gasteiger charge is -2.06. The number of aromatic nitrogens is 2. The molecular formula is C12H11ClN2O2. The maximum Gasteiger partial charge on any atom is 0.307 e. The van der Waals surface area contributed by atoms with Gasteiger partial charge in [0.1, 0.15) is 0 Å². The molecule has 0 fully saturated rings. The minimum atomic E-state index is -0.894. The van der Waals surface area contributed by atoms with Gasteiger partial charge in [-0.3, -0.25) is 9.48 Å². The Morgan fingerprint density at radius 3 is 2.82 bits per heavy atom. The smallest absolute Gasteiger partial charge is 0.307 e. The number of aliphatic carboxylic acids is 1. The molecule has 0 bridgehead atoms. The molecule has 2 rings (SSSR count). The lowest BCUT2D eigenvalue weighted by atomic mass is 10.1. The van der Waals surface area contributed by atoms with Gasteiger partial charge < -0.3 is 5.11 Å². The van der Waals surface area contributed by atoms with E-state index in [-0.39, 0.29) is 6.42 Å². The van der Waals surface area contributed by atoms with Gasteiger partial charge in [-0.15, -0.1) is 0 Å². The zero-order valence-corrected chi connectivity index (χ0v) is 9.98. The predicted octanol–water partition coefficient (Wildman–Crippen LogP) is 2.37. The third kappa shape index (κ3) is 2.47. The predicted molar refractivity (Wildman–Crippen MR) is 65.0 cm³/mol. The van der Waals surface area contributed by atoms with Crippen LogP contribution in [0.5, 0.6) is 0 Å². The zero-order chi connectivity index (χ0) is 12.4. The minimum Gasteiger partial charge on any atom is -0.481 e. The van der Waals surface area contributed by atoms with E-state index in [1.54, 1.807) is 23.0 Å². The van der Waals surface area contributed by atoms with Gasteiger partial charge >= 0.3 is 5.97 Å². The van der Waals surface area contributed by atoms with Crippen LogP contribution < -0.4 is 0 Å². The van der Waals surface area contributed by atoms with Gasteiger partial charge in [-0.2, -0.15) is 5.10 Å². The van der Waals surface area contributed by atoms with Crippen LogP contribution in [0.3, 0.4) is 0 Å². The number of halogens is 1. The van der Waals surface area contributed by atoms with E-state index in [0.29, 0.717) is 10.6 Å². The zero-order valence-electron chi connectivity index (χ0n) is 9.22. The van der Waals surface area contributed by atoms with Crippen LogP contribution in [0.4, 0.5) is 0 Å². The van der Waals surface area contributed by atoms with E-state index < -0.39 is 5.97 Å². The van der Waals surface area contributed by atoms with Crippen molar-refractivity contribution in [1.82, 2.24) is 9.78 Å². The Morgan fingerprint density at radius 1 is 1.47 bits per heavy atom. The van der Waals surface area contributed by atoms with Crippen LogP contribution in [0, 0.1) is 0 Å². The Labute approximate surface area is 103 Å². The fourth-order valence-corrected chi connectivity index (χ4v) is 1.87. The molecule has 17 heavy (non-hydrogen) atoms. The number of nitrogens with zero attached hydrogens (tertiary/aromatic N) is 2. The lowest BCUT2D eigenvalue weighted by Crippen LogP contribution is -2.01. The summed E-state index contributed by atoms with van der Waals surface area (Å²) < 4.78 is 1.73. The molecule has 0 saturated heterocycles. The molecule has 0 unspecified atom stereocenters. The quantitative estimate of drug-likeness (QED) is 0.910. The van der Waals surface area contributed by atoms with Crippen molar-refractivity contribution >= 4 is 17.6 Å². The van der Waals surface area contributed by atoms with Crippen molar-refractivity contribution in [2.75, 3.05) is 0 Å². The maximum atomic E-state index is 10.7. The monoisotopic (exact) mass is 250 g/mol. The number of carboxylic acids is 1. The molecule has 0 atom stereocenters. The average Bonchev–Trinajstić information content (AvgIpc) is 2.67. The number of hydrogen-bond donors (Lipinski definition) is 1. The van der Waals surface area contributed by atoms with Gasteiger partial charge in [0.15, 0.2) is 0 Å². The molecule has 88 valence electrons. The molecule has 0 amide bonds. The number of hydrogen-bond acceptors (Lipinski definition) is 2. The Morgan fingerprint density at radius 2 is 2.24 bits per heavy atom. The third-order valence-corrected chi connectivity index (χ3v) is 2.87. The van der Waals surface area contributed by atoms with E-state index >= 15 is 0 Å². The minimum absolute atomic E-state index is 0.0788. The third-order valence-electron chi connectivity index (χ3n) is 2.50. The SMILES string of the molecule is Cn1nccc1-c1ccc(Cl)c(CC(=O)O)c1. The van der Waals surface area contributed by atoms with Crippen LogP contribution in [-0.4, -0.2) is 20.9 Å². The van der Waals surface area contributed by atoms with Gasteiger partial charge in [0.2, 0.25) is 0 Å². The Hall–Kier alpha value is -1.81. The molecule has 0 spiro atoms. The summed E-state index contributed by atoms with van der Waals surface area (Å²) in [7, 11) is 1.83. The van der Waals surface area contributed by atoms with Crippen molar-refractivity contribution in [2.45, 2.75) is 6.42 Å². The molecule has 5 heteroatoms. The number of aryl methyl sites for hydroxylation is 1. The molecule has 1 N–H and O–H groups in total. The van der Waals surface area contributed by atoms with Gasteiger partial charge in [0.25, 0.3) is 0 Å². The molecule has 0 aliphatic rings. The molecular weight excluding hydrogens is 240 g/mol. The van der Waals surface area contributed by atoms with Crippen molar-refractivity contribution < 1.29 is 9.90 Å². The first kappa shape index (κ1) is 11.7. The van der Waals surface area contributed by atoms with Gasteiger partial charge in [0.05, 0.1) is 12.1 Å². The molecule has 0 radical (unpaired) electrons. The fourth-order valence-electron chi connectivity index (χ4n) is 1.69. The molecule has 4 nitrogen and oxygen atoms in total. The summed E-state index contributed by atoms with van der Waals surface area (Å²) in [6.45, 7) is 0. The van der Waals surface area contributed by atoms with Crippen LogP contribution in [-0.2, 0) is 18.3 Å². The highest BCUT2D eigenvalue weighted by molar-refractivity contribution is 6.31. The number of carbonyl (C=O) groups is 1. The summed E-state index contributed by atoms with van der Waals surface area (Å²) in [5.74, 6) is -0.894. The van der Waals surface area contributed by atoms with Gasteiger partial charge in [-0.1, -0.05) is 17.7 Å². The van der Waals surface area contributed by atoms with Crippen LogP contribution in [0.15, 0.2) is 30.5 Å². The summed E-state index contributed by atoms with van der Waals surface area (Å²) in [5.41, 5.74) is 2.44. The standard InChI is InChI=1S/C12H11ClN2O2/c1-15-11(4-5-14-15)8-2-3-10(13)9(6-8)7-12(16)17/h2-6H,7H2,1H3,(H,16,17). The van der Waals surface area contributed by atoms with Crippen LogP contribution in [0.1, 0.15) is 5.56 Å². The van der Waals surface area contributed by atoms with Crippen molar-refractivity contribution in [3.63, 3.8) is 0 Å². The van der Waals surface area contributed by atoms with Crippen molar-refractivity contribution in [1.29, 1.82) is 0 Å². The highest BCUT2D eigenvalue weighted by Gasteiger charge is 2.09. The van der Waals surface area contributed by atoms with Gasteiger partial charge in [-0.25, -0.2) is 0 Å². The lowest BCUT2D eigenvalue weighted by molar-refractivity contribution is -0.136. The number of benzene rings is 1. The first-order valence-electron chi connectivity index (χ1n) is 5.06. The van der Waals surface area contributed by atoms with E-state index in [2.05, 4.69) is 5.10 Å². The molecule has 1 aromatic heterocycles. The van der Waals surface area contributed by atoms with E-state index in [0.717, 1.165) is 11.3 Å². The summed E-state index contributed by atoms with van der Waals surface area (Å²) in [5, 5.41) is 13.3. The first-order chi connectivity index (χ1) is 8.08. The molecule has 0 aliphatic carbocycles. The Bertz CT molecular complexity index is 563. The second-order valence-corrected chi connectivity index (χ2v) is 4.12. The van der Waals surface area contributed by atoms with Crippen LogP contribution in [0.2, 0.25) is 5.02 Å². The average molecular weight is 251 g/mol. The largest absolute Gasteiger partial charge is 0.481 e. The van der Waals surface area contributed by atoms with Crippen molar-refractivity contribution in [3.05, 3.63) is 41.0 Å². The van der Waals surface area contributed by atoms with E-state index in [1.807, 2.05) is 19.2 Å². The fraction of sp³-hybridized carbons (Fsp3) is 0.167. The molecule has 2 aromatic rings. The van der Waals surface area contributed by atoms with E-state index in [9.17, 15) is 4.79 Å². The van der Waals surface area contributed by atoms with Gasteiger partial charge in [0, 0.05) is 23.8 Å². The Kier molecular flexibility index (Phi) is 3.15. The first-order valence-corrected chi connectivity index (χ1v) is 5.44. The summed E-state index contributed by atoms with van der Waals surface area (Å²) in [4.78, 5) is 10.7. The van der Waals surface area contributed by atoms with E-state index in [1.165, 1.54) is 0 Å². The topological polar surface area (TPSA) is 55.1 Å². The summed E-state index contributed by atoms with van der Waals surface area (Å²) in [6.07, 6.45) is 1.62. The molecule has 1 heterocycles. The highest BCUT2D eigenvalue weighted by Crippen LogP contribution is 2.25.